The highest BCUT2D eigenvalue weighted by Gasteiger charge is 2.12. The Morgan fingerprint density at radius 1 is 1.33 bits per heavy atom. The molecule has 6 nitrogen and oxygen atoms in total. The molecular formula is C13H9N3O3S2. The molecule has 8 heteroatoms. The molecule has 0 amide bonds. The number of hydrogen-bond acceptors (Lipinski definition) is 6. The number of aromatic nitrogens is 2. The second-order valence-electron chi connectivity index (χ2n) is 4.25. The molecule has 0 unspecified atom stereocenters. The van der Waals surface area contributed by atoms with E-state index in [1.165, 1.54) is 29.8 Å². The van der Waals surface area contributed by atoms with Crippen molar-refractivity contribution >= 4 is 28.4 Å². The second-order valence-corrected chi connectivity index (χ2v) is 6.05. The van der Waals surface area contributed by atoms with Gasteiger partial charge in [0.15, 0.2) is 0 Å². The Bertz CT molecular complexity index is 836. The second kappa shape index (κ2) is 5.58. The van der Waals surface area contributed by atoms with Crippen molar-refractivity contribution in [2.24, 2.45) is 0 Å². The summed E-state index contributed by atoms with van der Waals surface area (Å²) in [4.78, 5) is 27.1. The average Bonchev–Trinajstić information content (AvgIpc) is 3.11. The average molecular weight is 319 g/mol. The lowest BCUT2D eigenvalue weighted by molar-refractivity contribution is -0.386. The van der Waals surface area contributed by atoms with Gasteiger partial charge in [-0.3, -0.25) is 14.9 Å². The third-order valence-electron chi connectivity index (χ3n) is 2.78. The molecule has 106 valence electrons. The van der Waals surface area contributed by atoms with Gasteiger partial charge in [0.25, 0.3) is 5.43 Å². The molecule has 0 aromatic carbocycles. The quantitative estimate of drug-likeness (QED) is 0.547. The van der Waals surface area contributed by atoms with E-state index in [-0.39, 0.29) is 0 Å². The number of nitro groups is 1. The predicted octanol–water partition coefficient (Wildman–Crippen LogP) is 2.99. The molecule has 0 aliphatic rings. The van der Waals surface area contributed by atoms with E-state index in [4.69, 9.17) is 0 Å². The van der Waals surface area contributed by atoms with E-state index in [0.717, 1.165) is 15.6 Å². The molecule has 3 rings (SSSR count). The van der Waals surface area contributed by atoms with Crippen molar-refractivity contribution in [1.29, 1.82) is 0 Å². The summed E-state index contributed by atoms with van der Waals surface area (Å²) in [7, 11) is 0. The smallest absolute Gasteiger partial charge is 0.332 e. The maximum atomic E-state index is 11.4. The minimum atomic E-state index is -0.670. The Kier molecular flexibility index (Phi) is 3.63. The van der Waals surface area contributed by atoms with Crippen LogP contribution >= 0.6 is 22.7 Å². The zero-order valence-corrected chi connectivity index (χ0v) is 12.3. The minimum Gasteiger partial charge on any atom is -0.342 e. The summed E-state index contributed by atoms with van der Waals surface area (Å²) in [5, 5.41) is 15.6. The molecule has 3 aromatic heterocycles. The van der Waals surface area contributed by atoms with Crippen LogP contribution in [0.3, 0.4) is 0 Å². The van der Waals surface area contributed by atoms with Gasteiger partial charge >= 0.3 is 5.69 Å². The van der Waals surface area contributed by atoms with Gasteiger partial charge in [-0.15, -0.1) is 22.7 Å². The molecule has 0 fully saturated rings. The number of nitrogens with zero attached hydrogens (tertiary/aromatic N) is 3. The van der Waals surface area contributed by atoms with Crippen LogP contribution in [0, 0.1) is 10.1 Å². The first-order chi connectivity index (χ1) is 10.1. The van der Waals surface area contributed by atoms with Crippen LogP contribution in [0.2, 0.25) is 0 Å². The summed E-state index contributed by atoms with van der Waals surface area (Å²) in [5.74, 6) is 0. The number of thiophene rings is 1. The Morgan fingerprint density at radius 2 is 2.19 bits per heavy atom. The number of hydrogen-bond donors (Lipinski definition) is 0. The van der Waals surface area contributed by atoms with E-state index < -0.39 is 16.0 Å². The summed E-state index contributed by atoms with van der Waals surface area (Å²) in [5.41, 5.74) is -0.207. The van der Waals surface area contributed by atoms with Gasteiger partial charge in [-0.25, -0.2) is 4.98 Å². The zero-order valence-electron chi connectivity index (χ0n) is 10.6. The molecule has 0 saturated heterocycles. The molecule has 0 N–H and O–H groups in total. The van der Waals surface area contributed by atoms with Crippen LogP contribution in [0.15, 0.2) is 46.1 Å². The van der Waals surface area contributed by atoms with E-state index >= 15 is 0 Å². The first kappa shape index (κ1) is 13.7. The third kappa shape index (κ3) is 2.91. The van der Waals surface area contributed by atoms with Gasteiger partial charge in [-0.05, 0) is 11.4 Å². The van der Waals surface area contributed by atoms with Gasteiger partial charge in [0.05, 0.1) is 28.2 Å². The summed E-state index contributed by atoms with van der Waals surface area (Å²) in [6, 6.07) is 5.16. The molecular weight excluding hydrogens is 310 g/mol. The lowest BCUT2D eigenvalue weighted by Gasteiger charge is -2.02. The topological polar surface area (TPSA) is 78.0 Å². The zero-order chi connectivity index (χ0) is 14.8. The molecule has 21 heavy (non-hydrogen) atoms. The summed E-state index contributed by atoms with van der Waals surface area (Å²) < 4.78 is 1.59. The van der Waals surface area contributed by atoms with Crippen molar-refractivity contribution in [2.75, 3.05) is 0 Å². The van der Waals surface area contributed by atoms with E-state index in [2.05, 4.69) is 4.98 Å². The summed E-state index contributed by atoms with van der Waals surface area (Å²) in [6.07, 6.45) is 2.77. The highest BCUT2D eigenvalue weighted by Crippen LogP contribution is 2.27. The standard InChI is InChI=1S/C13H9N3O3S2/c17-11-3-4-15(7-10(11)16(18)19)6-9-8-21-13(14-9)12-2-1-5-20-12/h1-5,7-8H,6H2. The van der Waals surface area contributed by atoms with Crippen LogP contribution in [0.25, 0.3) is 9.88 Å². The molecule has 3 heterocycles. The number of rotatable bonds is 4. The number of pyridine rings is 1. The van der Waals surface area contributed by atoms with E-state index in [0.29, 0.717) is 6.54 Å². The third-order valence-corrected chi connectivity index (χ3v) is 4.71. The largest absolute Gasteiger partial charge is 0.342 e. The van der Waals surface area contributed by atoms with Gasteiger partial charge in [0.1, 0.15) is 5.01 Å². The van der Waals surface area contributed by atoms with Crippen molar-refractivity contribution in [3.63, 3.8) is 0 Å². The maximum absolute atomic E-state index is 11.4. The number of thiazole rings is 1. The maximum Gasteiger partial charge on any atom is 0.332 e. The fourth-order valence-electron chi connectivity index (χ4n) is 1.83. The summed E-state index contributed by atoms with van der Waals surface area (Å²) in [6.45, 7) is 0.392. The van der Waals surface area contributed by atoms with Crippen molar-refractivity contribution in [3.8, 4) is 9.88 Å². The van der Waals surface area contributed by atoms with Crippen LogP contribution in [0.1, 0.15) is 5.69 Å². The summed E-state index contributed by atoms with van der Waals surface area (Å²) >= 11 is 3.14. The molecule has 0 aliphatic heterocycles. The van der Waals surface area contributed by atoms with Gasteiger partial charge in [0.2, 0.25) is 0 Å². The van der Waals surface area contributed by atoms with E-state index in [1.807, 2.05) is 22.9 Å². The Hall–Kier alpha value is -2.32. The molecule has 0 radical (unpaired) electrons. The molecule has 0 saturated carbocycles. The van der Waals surface area contributed by atoms with Gasteiger partial charge in [0, 0.05) is 17.6 Å². The van der Waals surface area contributed by atoms with Crippen molar-refractivity contribution in [1.82, 2.24) is 9.55 Å². The van der Waals surface area contributed by atoms with E-state index in [1.54, 1.807) is 15.9 Å². The molecule has 0 aliphatic carbocycles. The van der Waals surface area contributed by atoms with Crippen LogP contribution < -0.4 is 5.43 Å². The van der Waals surface area contributed by atoms with Crippen LogP contribution in [0.5, 0.6) is 0 Å². The molecule has 3 aromatic rings. The van der Waals surface area contributed by atoms with Crippen LogP contribution in [0.4, 0.5) is 5.69 Å². The Balaban J connectivity index is 1.86. The first-order valence-corrected chi connectivity index (χ1v) is 7.72. The van der Waals surface area contributed by atoms with Crippen molar-refractivity contribution in [3.05, 3.63) is 67.4 Å². The fraction of sp³-hybridized carbons (Fsp3) is 0.0769. The normalized spacial score (nSPS) is 10.7. The van der Waals surface area contributed by atoms with E-state index in [9.17, 15) is 14.9 Å². The monoisotopic (exact) mass is 319 g/mol. The first-order valence-electron chi connectivity index (χ1n) is 5.96. The lowest BCUT2D eigenvalue weighted by atomic mass is 10.4. The van der Waals surface area contributed by atoms with Crippen LogP contribution in [-0.4, -0.2) is 14.5 Å². The minimum absolute atomic E-state index is 0.392. The van der Waals surface area contributed by atoms with Crippen molar-refractivity contribution < 1.29 is 4.92 Å². The highest BCUT2D eigenvalue weighted by atomic mass is 32.1. The van der Waals surface area contributed by atoms with Gasteiger partial charge < -0.3 is 4.57 Å². The van der Waals surface area contributed by atoms with Gasteiger partial charge in [-0.2, -0.15) is 0 Å². The fourth-order valence-corrected chi connectivity index (χ4v) is 3.45. The highest BCUT2D eigenvalue weighted by molar-refractivity contribution is 7.20. The van der Waals surface area contributed by atoms with Crippen molar-refractivity contribution in [2.45, 2.75) is 6.54 Å². The SMILES string of the molecule is O=c1ccn(Cc2csc(-c3cccs3)n2)cc1[N+](=O)[O-]. The van der Waals surface area contributed by atoms with Crippen LogP contribution in [-0.2, 0) is 6.54 Å². The van der Waals surface area contributed by atoms with Gasteiger partial charge in [-0.1, -0.05) is 6.07 Å². The lowest BCUT2D eigenvalue weighted by Crippen LogP contribution is -2.11. The molecule has 0 spiro atoms. The predicted molar refractivity (Wildman–Crippen MR) is 81.9 cm³/mol. The Labute approximate surface area is 127 Å². The molecule has 0 bridgehead atoms. The molecule has 0 atom stereocenters. The Morgan fingerprint density at radius 3 is 2.90 bits per heavy atom.